The van der Waals surface area contributed by atoms with Crippen LogP contribution in [0, 0.1) is 6.92 Å². The Bertz CT molecular complexity index is 1150. The number of carbonyl (C=O) groups is 2. The zero-order chi connectivity index (χ0) is 22.5. The molecule has 1 aromatic heterocycles. The fourth-order valence-corrected chi connectivity index (χ4v) is 3.39. The van der Waals surface area contributed by atoms with Crippen LogP contribution in [0.2, 0.25) is 0 Å². The van der Waals surface area contributed by atoms with Crippen molar-refractivity contribution in [2.75, 3.05) is 6.54 Å². The Hall–Kier alpha value is -3.48. The van der Waals surface area contributed by atoms with Crippen molar-refractivity contribution in [2.45, 2.75) is 46.3 Å². The standard InChI is InChI=1S/C24H27N3O4/c1-5-27-21-12-11-19(13-20(21)26-16(3)23(27)29)24(30)31-17(4)22(28)25-14-15(2)18-9-7-6-8-10-18/h6-13,15,17H,5,14H2,1-4H3,(H,25,28)/t15-,17-/m0/s1. The average Bonchev–Trinajstić information content (AvgIpc) is 2.78. The molecule has 0 unspecified atom stereocenters. The third-order valence-corrected chi connectivity index (χ3v) is 5.27. The lowest BCUT2D eigenvalue weighted by Crippen LogP contribution is -2.37. The molecule has 0 aliphatic carbocycles. The van der Waals surface area contributed by atoms with Gasteiger partial charge in [0.2, 0.25) is 0 Å². The fourth-order valence-electron chi connectivity index (χ4n) is 3.39. The minimum atomic E-state index is -0.939. The van der Waals surface area contributed by atoms with E-state index in [0.29, 0.717) is 29.8 Å². The van der Waals surface area contributed by atoms with Gasteiger partial charge in [-0.3, -0.25) is 9.59 Å². The largest absolute Gasteiger partial charge is 0.449 e. The third kappa shape index (κ3) is 4.99. The van der Waals surface area contributed by atoms with Crippen molar-refractivity contribution in [3.8, 4) is 0 Å². The number of hydrogen-bond donors (Lipinski definition) is 1. The van der Waals surface area contributed by atoms with Crippen LogP contribution in [0.15, 0.2) is 53.3 Å². The monoisotopic (exact) mass is 421 g/mol. The molecule has 0 fully saturated rings. The number of aromatic nitrogens is 2. The summed E-state index contributed by atoms with van der Waals surface area (Å²) >= 11 is 0. The zero-order valence-corrected chi connectivity index (χ0v) is 18.2. The summed E-state index contributed by atoms with van der Waals surface area (Å²) in [4.78, 5) is 41.5. The van der Waals surface area contributed by atoms with E-state index in [1.54, 1.807) is 36.6 Å². The van der Waals surface area contributed by atoms with E-state index in [0.717, 1.165) is 5.56 Å². The van der Waals surface area contributed by atoms with Crippen LogP contribution >= 0.6 is 0 Å². The molecule has 0 saturated carbocycles. The van der Waals surface area contributed by atoms with E-state index < -0.39 is 12.1 Å². The number of aryl methyl sites for hydroxylation is 2. The van der Waals surface area contributed by atoms with Gasteiger partial charge in [-0.1, -0.05) is 37.3 Å². The first-order valence-electron chi connectivity index (χ1n) is 10.4. The molecule has 7 nitrogen and oxygen atoms in total. The van der Waals surface area contributed by atoms with E-state index in [-0.39, 0.29) is 22.9 Å². The molecule has 1 heterocycles. The van der Waals surface area contributed by atoms with Crippen molar-refractivity contribution in [1.29, 1.82) is 0 Å². The number of rotatable bonds is 7. The number of hydrogen-bond acceptors (Lipinski definition) is 5. The number of nitrogens with zero attached hydrogens (tertiary/aromatic N) is 2. The Morgan fingerprint density at radius 1 is 1.13 bits per heavy atom. The molecule has 0 spiro atoms. The first-order chi connectivity index (χ1) is 14.8. The number of carbonyl (C=O) groups excluding carboxylic acids is 2. The number of fused-ring (bicyclic) bond motifs is 1. The highest BCUT2D eigenvalue weighted by molar-refractivity contribution is 5.95. The Morgan fingerprint density at radius 2 is 1.84 bits per heavy atom. The Kier molecular flexibility index (Phi) is 6.84. The Labute approximate surface area is 181 Å². The van der Waals surface area contributed by atoms with Gasteiger partial charge in [-0.15, -0.1) is 0 Å². The van der Waals surface area contributed by atoms with Crippen LogP contribution in [-0.2, 0) is 16.1 Å². The molecule has 0 aliphatic rings. The van der Waals surface area contributed by atoms with Crippen LogP contribution in [0.25, 0.3) is 11.0 Å². The number of ether oxygens (including phenoxy) is 1. The Balaban J connectivity index is 1.66. The van der Waals surface area contributed by atoms with Crippen LogP contribution < -0.4 is 10.9 Å². The minimum Gasteiger partial charge on any atom is -0.449 e. The third-order valence-electron chi connectivity index (χ3n) is 5.27. The van der Waals surface area contributed by atoms with Crippen LogP contribution in [0.4, 0.5) is 0 Å². The zero-order valence-electron chi connectivity index (χ0n) is 18.2. The first-order valence-corrected chi connectivity index (χ1v) is 10.4. The van der Waals surface area contributed by atoms with Crippen LogP contribution in [0.1, 0.15) is 48.3 Å². The lowest BCUT2D eigenvalue weighted by Gasteiger charge is -2.17. The molecule has 2 atom stereocenters. The molecule has 0 radical (unpaired) electrons. The van der Waals surface area contributed by atoms with E-state index in [1.807, 2.05) is 44.2 Å². The van der Waals surface area contributed by atoms with Gasteiger partial charge >= 0.3 is 5.97 Å². The summed E-state index contributed by atoms with van der Waals surface area (Å²) in [7, 11) is 0. The predicted octanol–water partition coefficient (Wildman–Crippen LogP) is 3.19. The summed E-state index contributed by atoms with van der Waals surface area (Å²) in [5.41, 5.74) is 2.79. The van der Waals surface area contributed by atoms with Gasteiger partial charge in [-0.05, 0) is 50.5 Å². The summed E-state index contributed by atoms with van der Waals surface area (Å²) < 4.78 is 6.96. The molecule has 3 aromatic rings. The van der Waals surface area contributed by atoms with Crippen molar-refractivity contribution in [1.82, 2.24) is 14.9 Å². The van der Waals surface area contributed by atoms with Gasteiger partial charge in [-0.2, -0.15) is 0 Å². The quantitative estimate of drug-likeness (QED) is 0.592. The smallest absolute Gasteiger partial charge is 0.338 e. The van der Waals surface area contributed by atoms with Gasteiger partial charge in [0.1, 0.15) is 5.69 Å². The Morgan fingerprint density at radius 3 is 2.52 bits per heavy atom. The molecule has 0 aliphatic heterocycles. The van der Waals surface area contributed by atoms with E-state index in [4.69, 9.17) is 4.74 Å². The van der Waals surface area contributed by atoms with Gasteiger partial charge in [0.15, 0.2) is 6.10 Å². The van der Waals surface area contributed by atoms with Crippen molar-refractivity contribution < 1.29 is 14.3 Å². The summed E-state index contributed by atoms with van der Waals surface area (Å²) in [6.45, 7) is 8.02. The second-order valence-electron chi connectivity index (χ2n) is 7.55. The topological polar surface area (TPSA) is 90.3 Å². The number of nitrogens with one attached hydrogen (secondary N) is 1. The summed E-state index contributed by atoms with van der Waals surface area (Å²) in [5, 5.41) is 2.83. The van der Waals surface area contributed by atoms with E-state index in [9.17, 15) is 14.4 Å². The number of esters is 1. The molecule has 7 heteroatoms. The fraction of sp³-hybridized carbons (Fsp3) is 0.333. The van der Waals surface area contributed by atoms with Crippen molar-refractivity contribution in [2.24, 2.45) is 0 Å². The normalized spacial score (nSPS) is 12.9. The van der Waals surface area contributed by atoms with Gasteiger partial charge in [0.25, 0.3) is 11.5 Å². The second kappa shape index (κ2) is 9.55. The predicted molar refractivity (Wildman–Crippen MR) is 119 cm³/mol. The van der Waals surface area contributed by atoms with E-state index in [1.165, 1.54) is 0 Å². The lowest BCUT2D eigenvalue weighted by molar-refractivity contribution is -0.129. The lowest BCUT2D eigenvalue weighted by atomic mass is 10.0. The summed E-state index contributed by atoms with van der Waals surface area (Å²) in [6, 6.07) is 14.7. The maximum atomic E-state index is 12.6. The molecule has 3 rings (SSSR count). The van der Waals surface area contributed by atoms with E-state index in [2.05, 4.69) is 10.3 Å². The molecular formula is C24H27N3O4. The van der Waals surface area contributed by atoms with Crippen LogP contribution in [0.5, 0.6) is 0 Å². The highest BCUT2D eigenvalue weighted by Gasteiger charge is 2.20. The van der Waals surface area contributed by atoms with Crippen molar-refractivity contribution >= 4 is 22.9 Å². The number of benzene rings is 2. The molecular weight excluding hydrogens is 394 g/mol. The maximum Gasteiger partial charge on any atom is 0.338 e. The van der Waals surface area contributed by atoms with Crippen molar-refractivity contribution in [3.05, 3.63) is 75.7 Å². The molecule has 1 amide bonds. The first kappa shape index (κ1) is 22.2. The summed E-state index contributed by atoms with van der Waals surface area (Å²) in [6.07, 6.45) is -0.939. The minimum absolute atomic E-state index is 0.138. The van der Waals surface area contributed by atoms with Gasteiger partial charge in [0.05, 0.1) is 16.6 Å². The molecule has 162 valence electrons. The highest BCUT2D eigenvalue weighted by Crippen LogP contribution is 2.16. The number of amides is 1. The second-order valence-corrected chi connectivity index (χ2v) is 7.55. The van der Waals surface area contributed by atoms with Crippen molar-refractivity contribution in [3.63, 3.8) is 0 Å². The molecule has 31 heavy (non-hydrogen) atoms. The highest BCUT2D eigenvalue weighted by atomic mass is 16.5. The SMILES string of the molecule is CCn1c(=O)c(C)nc2cc(C(=O)O[C@@H](C)C(=O)NC[C@H](C)c3ccccc3)ccc21. The molecule has 2 aromatic carbocycles. The van der Waals surface area contributed by atoms with Gasteiger partial charge in [-0.25, -0.2) is 9.78 Å². The molecule has 0 saturated heterocycles. The van der Waals surface area contributed by atoms with Gasteiger partial charge < -0.3 is 14.6 Å². The summed E-state index contributed by atoms with van der Waals surface area (Å²) in [5.74, 6) is -0.834. The van der Waals surface area contributed by atoms with Crippen LogP contribution in [-0.4, -0.2) is 34.1 Å². The molecule has 0 bridgehead atoms. The van der Waals surface area contributed by atoms with E-state index >= 15 is 0 Å². The average molecular weight is 421 g/mol. The van der Waals surface area contributed by atoms with Crippen LogP contribution in [0.3, 0.4) is 0 Å². The van der Waals surface area contributed by atoms with Gasteiger partial charge in [0, 0.05) is 13.1 Å². The molecule has 1 N–H and O–H groups in total. The maximum absolute atomic E-state index is 12.6.